The van der Waals surface area contributed by atoms with Crippen molar-refractivity contribution in [2.45, 2.75) is 25.3 Å². The lowest BCUT2D eigenvalue weighted by Crippen LogP contribution is -2.44. The summed E-state index contributed by atoms with van der Waals surface area (Å²) in [5.74, 6) is 1.10. The second-order valence-electron chi connectivity index (χ2n) is 7.95. The minimum Gasteiger partial charge on any atom is -0.493 e. The molecule has 0 aliphatic carbocycles. The zero-order chi connectivity index (χ0) is 21.3. The summed E-state index contributed by atoms with van der Waals surface area (Å²) in [6, 6.07) is 7.08. The van der Waals surface area contributed by atoms with Crippen molar-refractivity contribution in [1.29, 1.82) is 0 Å². The number of para-hydroxylation sites is 1. The molecule has 0 N–H and O–H groups in total. The number of nitrogens with zero attached hydrogens (tertiary/aromatic N) is 4. The predicted octanol–water partition coefficient (Wildman–Crippen LogP) is 2.20. The van der Waals surface area contributed by atoms with Crippen LogP contribution in [0.1, 0.15) is 40.1 Å². The van der Waals surface area contributed by atoms with Gasteiger partial charge in [-0.05, 0) is 37.0 Å². The SMILES string of the molecule is COc1cccc(C(=O)N2CCCC[C@H]3CN(C(=O)c4ccn(C)n4)C[C@H]32)c1OC. The third-order valence-electron chi connectivity index (χ3n) is 6.14. The van der Waals surface area contributed by atoms with E-state index in [0.717, 1.165) is 19.3 Å². The summed E-state index contributed by atoms with van der Waals surface area (Å²) in [7, 11) is 4.90. The number of benzene rings is 1. The Labute approximate surface area is 176 Å². The molecule has 0 saturated carbocycles. The molecule has 4 rings (SSSR count). The number of amides is 2. The zero-order valence-electron chi connectivity index (χ0n) is 17.7. The lowest BCUT2D eigenvalue weighted by atomic mass is 9.98. The summed E-state index contributed by atoms with van der Waals surface area (Å²) in [5, 5.41) is 4.25. The number of carbonyl (C=O) groups excluding carboxylic acids is 2. The van der Waals surface area contributed by atoms with Crippen molar-refractivity contribution in [2.24, 2.45) is 13.0 Å². The second-order valence-corrected chi connectivity index (χ2v) is 7.95. The molecule has 30 heavy (non-hydrogen) atoms. The molecular weight excluding hydrogens is 384 g/mol. The summed E-state index contributed by atoms with van der Waals surface area (Å²) < 4.78 is 12.5. The first-order chi connectivity index (χ1) is 14.5. The molecule has 2 amide bonds. The molecule has 0 bridgehead atoms. The number of ether oxygens (including phenoxy) is 2. The molecule has 0 spiro atoms. The van der Waals surface area contributed by atoms with Crippen LogP contribution in [0.3, 0.4) is 0 Å². The van der Waals surface area contributed by atoms with Gasteiger partial charge >= 0.3 is 0 Å². The van der Waals surface area contributed by atoms with E-state index in [-0.39, 0.29) is 23.8 Å². The summed E-state index contributed by atoms with van der Waals surface area (Å²) in [4.78, 5) is 30.3. The smallest absolute Gasteiger partial charge is 0.274 e. The van der Waals surface area contributed by atoms with Crippen LogP contribution in [0, 0.1) is 5.92 Å². The molecule has 2 atom stereocenters. The zero-order valence-corrected chi connectivity index (χ0v) is 17.7. The molecule has 2 saturated heterocycles. The Bertz CT molecular complexity index is 941. The number of methoxy groups -OCH3 is 2. The van der Waals surface area contributed by atoms with Gasteiger partial charge in [-0.25, -0.2) is 0 Å². The lowest BCUT2D eigenvalue weighted by molar-refractivity contribution is 0.0642. The van der Waals surface area contributed by atoms with Gasteiger partial charge in [0.05, 0.1) is 25.8 Å². The number of rotatable bonds is 4. The standard InChI is InChI=1S/C22H28N4O4/c1-24-12-10-17(23-24)22(28)25-13-15-7-4-5-11-26(18(15)14-25)21(27)16-8-6-9-19(29-2)20(16)30-3/h6,8-10,12,15,18H,4-5,7,11,13-14H2,1-3H3/t15-,18+/m0/s1. The fourth-order valence-corrected chi connectivity index (χ4v) is 4.66. The van der Waals surface area contributed by atoms with E-state index in [4.69, 9.17) is 9.47 Å². The molecule has 2 aromatic rings. The molecule has 3 heterocycles. The quantitative estimate of drug-likeness (QED) is 0.770. The maximum atomic E-state index is 13.6. The molecule has 2 aliphatic heterocycles. The third-order valence-corrected chi connectivity index (χ3v) is 6.14. The Hall–Kier alpha value is -3.03. The molecule has 1 aromatic heterocycles. The number of carbonyl (C=O) groups is 2. The second kappa shape index (κ2) is 8.38. The fraction of sp³-hybridized carbons (Fsp3) is 0.500. The number of hydrogen-bond donors (Lipinski definition) is 0. The van der Waals surface area contributed by atoms with Gasteiger partial charge in [0.1, 0.15) is 5.69 Å². The van der Waals surface area contributed by atoms with Crippen LogP contribution in [-0.4, -0.2) is 71.3 Å². The molecule has 8 heteroatoms. The minimum absolute atomic E-state index is 0.0106. The van der Waals surface area contributed by atoms with E-state index in [1.807, 2.05) is 9.80 Å². The molecule has 2 fully saturated rings. The van der Waals surface area contributed by atoms with Gasteiger partial charge < -0.3 is 19.3 Å². The minimum atomic E-state index is -0.0743. The number of aromatic nitrogens is 2. The van der Waals surface area contributed by atoms with Crippen LogP contribution in [0.5, 0.6) is 11.5 Å². The Morgan fingerprint density at radius 2 is 1.90 bits per heavy atom. The van der Waals surface area contributed by atoms with Crippen LogP contribution in [0.25, 0.3) is 0 Å². The van der Waals surface area contributed by atoms with Crippen LogP contribution in [-0.2, 0) is 7.05 Å². The topological polar surface area (TPSA) is 76.9 Å². The van der Waals surface area contributed by atoms with E-state index in [0.29, 0.717) is 42.4 Å². The highest BCUT2D eigenvalue weighted by atomic mass is 16.5. The van der Waals surface area contributed by atoms with E-state index in [1.54, 1.807) is 56.4 Å². The average molecular weight is 412 g/mol. The Morgan fingerprint density at radius 1 is 1.07 bits per heavy atom. The number of aryl methyl sites for hydroxylation is 1. The highest BCUT2D eigenvalue weighted by Crippen LogP contribution is 2.35. The van der Waals surface area contributed by atoms with Gasteiger partial charge in [0, 0.05) is 32.9 Å². The fourth-order valence-electron chi connectivity index (χ4n) is 4.66. The van der Waals surface area contributed by atoms with Crippen LogP contribution >= 0.6 is 0 Å². The van der Waals surface area contributed by atoms with Gasteiger partial charge in [-0.2, -0.15) is 5.10 Å². The predicted molar refractivity (Wildman–Crippen MR) is 111 cm³/mol. The van der Waals surface area contributed by atoms with Gasteiger partial charge in [-0.1, -0.05) is 12.5 Å². The van der Waals surface area contributed by atoms with Crippen molar-refractivity contribution in [3.05, 3.63) is 41.7 Å². The van der Waals surface area contributed by atoms with Gasteiger partial charge in [0.2, 0.25) is 0 Å². The van der Waals surface area contributed by atoms with Crippen LogP contribution in [0.2, 0.25) is 0 Å². The van der Waals surface area contributed by atoms with Crippen LogP contribution in [0.4, 0.5) is 0 Å². The van der Waals surface area contributed by atoms with Gasteiger partial charge in [0.25, 0.3) is 11.8 Å². The van der Waals surface area contributed by atoms with Crippen molar-refractivity contribution in [2.75, 3.05) is 33.9 Å². The summed E-state index contributed by atoms with van der Waals surface area (Å²) >= 11 is 0. The first-order valence-corrected chi connectivity index (χ1v) is 10.3. The number of likely N-dealkylation sites (tertiary alicyclic amines) is 2. The monoisotopic (exact) mass is 412 g/mol. The number of hydrogen-bond acceptors (Lipinski definition) is 5. The Balaban J connectivity index is 1.60. The first-order valence-electron chi connectivity index (χ1n) is 10.3. The summed E-state index contributed by atoms with van der Waals surface area (Å²) in [5.41, 5.74) is 0.938. The maximum Gasteiger partial charge on any atom is 0.274 e. The van der Waals surface area contributed by atoms with Crippen LogP contribution in [0.15, 0.2) is 30.5 Å². The summed E-state index contributed by atoms with van der Waals surface area (Å²) in [6.45, 7) is 1.85. The van der Waals surface area contributed by atoms with E-state index < -0.39 is 0 Å². The molecule has 1 aromatic carbocycles. The van der Waals surface area contributed by atoms with Crippen molar-refractivity contribution >= 4 is 11.8 Å². The summed E-state index contributed by atoms with van der Waals surface area (Å²) in [6.07, 6.45) is 4.78. The van der Waals surface area contributed by atoms with Crippen LogP contribution < -0.4 is 9.47 Å². The van der Waals surface area contributed by atoms with E-state index in [1.165, 1.54) is 0 Å². The highest BCUT2D eigenvalue weighted by molar-refractivity contribution is 5.98. The molecule has 8 nitrogen and oxygen atoms in total. The van der Waals surface area contributed by atoms with E-state index in [2.05, 4.69) is 5.10 Å². The van der Waals surface area contributed by atoms with Gasteiger partial charge in [-0.15, -0.1) is 0 Å². The molecule has 0 unspecified atom stereocenters. The van der Waals surface area contributed by atoms with Gasteiger partial charge in [-0.3, -0.25) is 14.3 Å². The highest BCUT2D eigenvalue weighted by Gasteiger charge is 2.42. The largest absolute Gasteiger partial charge is 0.493 e. The molecule has 2 aliphatic rings. The first kappa shape index (κ1) is 20.3. The van der Waals surface area contributed by atoms with Gasteiger partial charge in [0.15, 0.2) is 11.5 Å². The Morgan fingerprint density at radius 3 is 2.60 bits per heavy atom. The van der Waals surface area contributed by atoms with Crippen molar-refractivity contribution in [1.82, 2.24) is 19.6 Å². The number of fused-ring (bicyclic) bond motifs is 1. The average Bonchev–Trinajstić information content (AvgIpc) is 3.33. The van der Waals surface area contributed by atoms with Crippen molar-refractivity contribution in [3.8, 4) is 11.5 Å². The molecule has 160 valence electrons. The van der Waals surface area contributed by atoms with Crippen molar-refractivity contribution < 1.29 is 19.1 Å². The third kappa shape index (κ3) is 3.62. The van der Waals surface area contributed by atoms with Crippen molar-refractivity contribution in [3.63, 3.8) is 0 Å². The molecular formula is C22H28N4O4. The van der Waals surface area contributed by atoms with E-state index >= 15 is 0 Å². The van der Waals surface area contributed by atoms with E-state index in [9.17, 15) is 9.59 Å². The molecule has 0 radical (unpaired) electrons. The lowest BCUT2D eigenvalue weighted by Gasteiger charge is -2.30. The normalized spacial score (nSPS) is 21.2. The Kier molecular flexibility index (Phi) is 5.65. The maximum absolute atomic E-state index is 13.6.